The van der Waals surface area contributed by atoms with Crippen LogP contribution in [0.3, 0.4) is 0 Å². The molecule has 2 atom stereocenters. The molecular weight excluding hydrogens is 232 g/mol. The molecule has 2 spiro atoms. The summed E-state index contributed by atoms with van der Waals surface area (Å²) in [6.45, 7) is 6.24. The average Bonchev–Trinajstić information content (AvgIpc) is 3.04. The van der Waals surface area contributed by atoms with Gasteiger partial charge in [-0.1, -0.05) is 13.8 Å². The van der Waals surface area contributed by atoms with Crippen molar-refractivity contribution in [2.45, 2.75) is 63.8 Å². The smallest absolute Gasteiger partial charge is 0.255 e. The third kappa shape index (κ3) is 1.16. The van der Waals surface area contributed by atoms with E-state index < -0.39 is 11.3 Å². The van der Waals surface area contributed by atoms with Gasteiger partial charge in [0.1, 0.15) is 0 Å². The summed E-state index contributed by atoms with van der Waals surface area (Å²) in [4.78, 5) is 2.47. The molecule has 2 heterocycles. The summed E-state index contributed by atoms with van der Waals surface area (Å²) < 4.78 is 27.5. The highest BCUT2D eigenvalue weighted by Gasteiger charge is 2.81. The van der Waals surface area contributed by atoms with Crippen LogP contribution in [0.4, 0.5) is 8.78 Å². The van der Waals surface area contributed by atoms with E-state index in [0.29, 0.717) is 17.9 Å². The van der Waals surface area contributed by atoms with E-state index in [1.54, 1.807) is 0 Å². The number of nitrogens with zero attached hydrogens (tertiary/aromatic N) is 1. The fraction of sp³-hybridized carbons (Fsp3) is 1.00. The maximum Gasteiger partial charge on any atom is 0.255 e. The molecule has 4 aliphatic rings. The van der Waals surface area contributed by atoms with Gasteiger partial charge in [-0.25, -0.2) is 8.78 Å². The molecule has 2 saturated carbocycles. The van der Waals surface area contributed by atoms with Crippen LogP contribution >= 0.6 is 0 Å². The topological polar surface area (TPSA) is 3.24 Å². The lowest BCUT2D eigenvalue weighted by Crippen LogP contribution is -2.45. The molecule has 0 N–H and O–H groups in total. The van der Waals surface area contributed by atoms with Crippen molar-refractivity contribution in [2.75, 3.05) is 13.1 Å². The maximum atomic E-state index is 13.8. The molecule has 0 amide bonds. The van der Waals surface area contributed by atoms with E-state index >= 15 is 0 Å². The zero-order valence-electron chi connectivity index (χ0n) is 11.4. The standard InChI is InChI=1S/C15H23F2N/c1-11(2)7-14-8-13(9-15(13,16)17)10-18(14)6-5-12(14)3-4-12/h11H,3-10H2,1-2H3/t13-,14?/m0/s1. The molecule has 4 rings (SSSR count). The average molecular weight is 255 g/mol. The van der Waals surface area contributed by atoms with Gasteiger partial charge in [0.15, 0.2) is 0 Å². The largest absolute Gasteiger partial charge is 0.296 e. The highest BCUT2D eigenvalue weighted by Crippen LogP contribution is 2.77. The van der Waals surface area contributed by atoms with Crippen molar-refractivity contribution in [2.24, 2.45) is 16.7 Å². The summed E-state index contributed by atoms with van der Waals surface area (Å²) in [5.74, 6) is -1.75. The molecule has 1 unspecified atom stereocenters. The maximum absolute atomic E-state index is 13.8. The molecule has 2 aliphatic carbocycles. The van der Waals surface area contributed by atoms with Crippen molar-refractivity contribution in [1.29, 1.82) is 0 Å². The molecule has 1 nitrogen and oxygen atoms in total. The summed E-state index contributed by atoms with van der Waals surface area (Å²) in [6.07, 6.45) is 5.92. The first-order chi connectivity index (χ1) is 8.35. The van der Waals surface area contributed by atoms with E-state index in [2.05, 4.69) is 18.7 Å². The number of hydrogen-bond acceptors (Lipinski definition) is 1. The quantitative estimate of drug-likeness (QED) is 0.727. The van der Waals surface area contributed by atoms with Gasteiger partial charge in [-0.15, -0.1) is 0 Å². The van der Waals surface area contributed by atoms with Crippen molar-refractivity contribution in [3.8, 4) is 0 Å². The fourth-order valence-electron chi connectivity index (χ4n) is 5.35. The first-order valence-corrected chi connectivity index (χ1v) is 7.48. The summed E-state index contributed by atoms with van der Waals surface area (Å²) in [6, 6.07) is 0. The summed E-state index contributed by atoms with van der Waals surface area (Å²) in [7, 11) is 0. The second kappa shape index (κ2) is 2.94. The zero-order valence-corrected chi connectivity index (χ0v) is 11.4. The lowest BCUT2D eigenvalue weighted by Gasteiger charge is -2.39. The highest BCUT2D eigenvalue weighted by molar-refractivity contribution is 5.29. The monoisotopic (exact) mass is 255 g/mol. The lowest BCUT2D eigenvalue weighted by atomic mass is 9.72. The van der Waals surface area contributed by atoms with Gasteiger partial charge in [-0.2, -0.15) is 0 Å². The van der Waals surface area contributed by atoms with Crippen LogP contribution in [0.5, 0.6) is 0 Å². The van der Waals surface area contributed by atoms with E-state index in [-0.39, 0.29) is 12.0 Å². The van der Waals surface area contributed by atoms with Gasteiger partial charge in [0, 0.05) is 18.5 Å². The molecule has 4 fully saturated rings. The lowest BCUT2D eigenvalue weighted by molar-refractivity contribution is 0.0629. The SMILES string of the molecule is CC(C)CC12C[C@@]3(CN1CCC21CC1)CC3(F)F. The summed E-state index contributed by atoms with van der Waals surface area (Å²) >= 11 is 0. The molecule has 102 valence electrons. The molecule has 0 aromatic carbocycles. The Balaban J connectivity index is 1.70. The van der Waals surface area contributed by atoms with Gasteiger partial charge in [0.05, 0.1) is 5.41 Å². The normalized spacial score (nSPS) is 47.2. The molecule has 18 heavy (non-hydrogen) atoms. The predicted molar refractivity (Wildman–Crippen MR) is 66.7 cm³/mol. The minimum absolute atomic E-state index is 0.140. The van der Waals surface area contributed by atoms with E-state index in [4.69, 9.17) is 0 Å². The first kappa shape index (κ1) is 11.6. The summed E-state index contributed by atoms with van der Waals surface area (Å²) in [5.41, 5.74) is -0.0571. The van der Waals surface area contributed by atoms with Gasteiger partial charge in [-0.05, 0) is 50.0 Å². The van der Waals surface area contributed by atoms with Crippen molar-refractivity contribution < 1.29 is 8.78 Å². The number of fused-ring (bicyclic) bond motifs is 2. The Kier molecular flexibility index (Phi) is 1.90. The molecular formula is C15H23F2N. The number of hydrogen-bond donors (Lipinski definition) is 0. The van der Waals surface area contributed by atoms with Crippen LogP contribution in [0.2, 0.25) is 0 Å². The number of halogens is 2. The van der Waals surface area contributed by atoms with Crippen LogP contribution in [0, 0.1) is 16.7 Å². The minimum atomic E-state index is -2.36. The Labute approximate surface area is 108 Å². The van der Waals surface area contributed by atoms with Crippen LogP contribution in [-0.2, 0) is 0 Å². The zero-order chi connectivity index (χ0) is 12.8. The third-order valence-electron chi connectivity index (χ3n) is 6.39. The van der Waals surface area contributed by atoms with Crippen LogP contribution < -0.4 is 0 Å². The molecule has 0 bridgehead atoms. The van der Waals surface area contributed by atoms with E-state index in [1.165, 1.54) is 19.3 Å². The number of rotatable bonds is 2. The van der Waals surface area contributed by atoms with Gasteiger partial charge >= 0.3 is 0 Å². The third-order valence-corrected chi connectivity index (χ3v) is 6.39. The Morgan fingerprint density at radius 2 is 1.72 bits per heavy atom. The van der Waals surface area contributed by atoms with Gasteiger partial charge < -0.3 is 0 Å². The van der Waals surface area contributed by atoms with E-state index in [1.807, 2.05) is 0 Å². The molecule has 2 aliphatic heterocycles. The van der Waals surface area contributed by atoms with Gasteiger partial charge in [-0.3, -0.25) is 4.90 Å². The van der Waals surface area contributed by atoms with E-state index in [9.17, 15) is 8.78 Å². The van der Waals surface area contributed by atoms with Gasteiger partial charge in [0.25, 0.3) is 5.92 Å². The van der Waals surface area contributed by atoms with Crippen LogP contribution in [-0.4, -0.2) is 29.5 Å². The highest BCUT2D eigenvalue weighted by atomic mass is 19.3. The van der Waals surface area contributed by atoms with E-state index in [0.717, 1.165) is 19.4 Å². The van der Waals surface area contributed by atoms with Crippen LogP contribution in [0.15, 0.2) is 0 Å². The molecule has 3 heteroatoms. The van der Waals surface area contributed by atoms with Crippen molar-refractivity contribution in [1.82, 2.24) is 4.90 Å². The van der Waals surface area contributed by atoms with Crippen molar-refractivity contribution in [3.63, 3.8) is 0 Å². The molecule has 2 saturated heterocycles. The summed E-state index contributed by atoms with van der Waals surface area (Å²) in [5, 5.41) is 0. The van der Waals surface area contributed by atoms with Crippen molar-refractivity contribution in [3.05, 3.63) is 0 Å². The van der Waals surface area contributed by atoms with Crippen LogP contribution in [0.25, 0.3) is 0 Å². The molecule has 0 aromatic rings. The Morgan fingerprint density at radius 3 is 2.22 bits per heavy atom. The first-order valence-electron chi connectivity index (χ1n) is 7.48. The van der Waals surface area contributed by atoms with Gasteiger partial charge in [0.2, 0.25) is 0 Å². The molecule has 0 radical (unpaired) electrons. The second-order valence-corrected chi connectivity index (χ2v) is 7.92. The second-order valence-electron chi connectivity index (χ2n) is 7.92. The number of alkyl halides is 2. The van der Waals surface area contributed by atoms with Crippen LogP contribution in [0.1, 0.15) is 52.4 Å². The predicted octanol–water partition coefficient (Wildman–Crippen LogP) is 3.69. The Hall–Kier alpha value is -0.180. The molecule has 0 aromatic heterocycles. The fourth-order valence-corrected chi connectivity index (χ4v) is 5.35. The van der Waals surface area contributed by atoms with Crippen molar-refractivity contribution >= 4 is 0 Å². The minimum Gasteiger partial charge on any atom is -0.296 e. The Morgan fingerprint density at radius 1 is 1.06 bits per heavy atom. The Bertz CT molecular complexity index is 401.